The quantitative estimate of drug-likeness (QED) is 0.531. The summed E-state index contributed by atoms with van der Waals surface area (Å²) >= 11 is 0. The molecule has 0 saturated carbocycles. The monoisotopic (exact) mass is 227 g/mol. The summed E-state index contributed by atoms with van der Waals surface area (Å²) in [6.45, 7) is 0. The number of aromatic amines is 1. The van der Waals surface area contributed by atoms with Gasteiger partial charge >= 0.3 is 25.8 Å². The molecule has 1 aromatic heterocycles. The summed E-state index contributed by atoms with van der Waals surface area (Å²) in [7, 11) is 0. The summed E-state index contributed by atoms with van der Waals surface area (Å²) in [6, 6.07) is -0.851. The van der Waals surface area contributed by atoms with Gasteiger partial charge in [0.2, 0.25) is 0 Å². The fourth-order valence-corrected chi connectivity index (χ4v) is 0.721. The van der Waals surface area contributed by atoms with E-state index in [2.05, 4.69) is 9.97 Å². The molecule has 0 radical (unpaired) electrons. The van der Waals surface area contributed by atoms with E-state index >= 15 is 0 Å². The van der Waals surface area contributed by atoms with Crippen LogP contribution in [-0.2, 0) is 11.2 Å². The maximum absolute atomic E-state index is 10.3. The van der Waals surface area contributed by atoms with Crippen LogP contribution in [-0.4, -0.2) is 46.9 Å². The van der Waals surface area contributed by atoms with Gasteiger partial charge < -0.3 is 15.8 Å². The van der Waals surface area contributed by atoms with Gasteiger partial charge in [0.05, 0.1) is 6.33 Å². The maximum atomic E-state index is 10.3. The van der Waals surface area contributed by atoms with Crippen molar-refractivity contribution >= 4 is 25.8 Å². The van der Waals surface area contributed by atoms with Crippen LogP contribution < -0.4 is 5.73 Å². The molecule has 6 heteroatoms. The first kappa shape index (κ1) is 11.3. The Bertz CT molecular complexity index is 237. The van der Waals surface area contributed by atoms with Gasteiger partial charge in [-0.3, -0.25) is 4.79 Å². The van der Waals surface area contributed by atoms with Crippen molar-refractivity contribution in [2.24, 2.45) is 5.73 Å². The van der Waals surface area contributed by atoms with Crippen LogP contribution in [0.25, 0.3) is 0 Å². The number of nitrogens with two attached hydrogens (primary N) is 1. The van der Waals surface area contributed by atoms with Gasteiger partial charge in [-0.15, -0.1) is 0 Å². The SMILES string of the molecule is N[C@@H](Cc1cnc[nH]1)C(=O)O.[GaH3]. The van der Waals surface area contributed by atoms with E-state index in [1.54, 1.807) is 6.20 Å². The number of carboxylic acids is 1. The van der Waals surface area contributed by atoms with Crippen molar-refractivity contribution in [3.05, 3.63) is 18.2 Å². The van der Waals surface area contributed by atoms with Crippen molar-refractivity contribution in [3.8, 4) is 0 Å². The van der Waals surface area contributed by atoms with Crippen LogP contribution in [0.15, 0.2) is 12.5 Å². The molecular weight excluding hydrogens is 216 g/mol. The van der Waals surface area contributed by atoms with Crippen LogP contribution in [0.1, 0.15) is 5.69 Å². The Kier molecular flexibility index (Phi) is 4.71. The predicted octanol–water partition coefficient (Wildman–Crippen LogP) is -1.82. The fraction of sp³-hybridized carbons (Fsp3) is 0.333. The van der Waals surface area contributed by atoms with Crippen LogP contribution >= 0.6 is 0 Å². The van der Waals surface area contributed by atoms with Gasteiger partial charge in [-0.25, -0.2) is 4.98 Å². The van der Waals surface area contributed by atoms with Crippen LogP contribution in [0.2, 0.25) is 0 Å². The molecule has 0 aliphatic carbocycles. The number of rotatable bonds is 3. The molecular formula is C6H12GaN3O2. The summed E-state index contributed by atoms with van der Waals surface area (Å²) in [5, 5.41) is 8.42. The molecule has 1 atom stereocenters. The second-order valence-electron chi connectivity index (χ2n) is 2.23. The number of imidazole rings is 1. The summed E-state index contributed by atoms with van der Waals surface area (Å²) in [5.41, 5.74) is 6.00. The molecule has 0 aromatic carbocycles. The van der Waals surface area contributed by atoms with E-state index < -0.39 is 12.0 Å². The number of nitrogens with one attached hydrogen (secondary N) is 1. The standard InChI is InChI=1S/C6H9N3O2.Ga.3H/c7-5(6(10)11)1-4-2-8-3-9-4;;;;/h2-3,5H,1,7H2,(H,8,9)(H,10,11);;;;/t5-;;;;/m0..../s1. The molecule has 1 aromatic rings. The number of aromatic nitrogens is 2. The normalized spacial score (nSPS) is 11.8. The molecule has 0 bridgehead atoms. The Hall–Kier alpha value is -0.724. The number of hydrogen-bond acceptors (Lipinski definition) is 3. The van der Waals surface area contributed by atoms with E-state index in [0.29, 0.717) is 0 Å². The number of carbonyl (C=O) groups is 1. The Balaban J connectivity index is 0.00000121. The molecule has 1 rings (SSSR count). The zero-order chi connectivity index (χ0) is 8.27. The first-order chi connectivity index (χ1) is 5.20. The van der Waals surface area contributed by atoms with Gasteiger partial charge in [0.15, 0.2) is 0 Å². The van der Waals surface area contributed by atoms with E-state index in [1.807, 2.05) is 0 Å². The molecule has 0 fully saturated rings. The minimum atomic E-state index is -1.00. The third-order valence-corrected chi connectivity index (χ3v) is 1.31. The molecule has 1 heterocycles. The van der Waals surface area contributed by atoms with Crippen LogP contribution in [0, 0.1) is 0 Å². The van der Waals surface area contributed by atoms with Gasteiger partial charge in [0.25, 0.3) is 0 Å². The van der Waals surface area contributed by atoms with Crippen LogP contribution in [0.5, 0.6) is 0 Å². The van der Waals surface area contributed by atoms with Crippen molar-refractivity contribution in [1.82, 2.24) is 9.97 Å². The number of carboxylic acid groups (broad SMARTS) is 1. The Morgan fingerprint density at radius 3 is 2.92 bits per heavy atom. The third-order valence-electron chi connectivity index (χ3n) is 1.31. The molecule has 0 aliphatic rings. The molecule has 4 N–H and O–H groups in total. The van der Waals surface area contributed by atoms with E-state index in [9.17, 15) is 4.79 Å². The van der Waals surface area contributed by atoms with Gasteiger partial charge in [-0.05, 0) is 0 Å². The Morgan fingerprint density at radius 2 is 2.50 bits per heavy atom. The molecule has 12 heavy (non-hydrogen) atoms. The van der Waals surface area contributed by atoms with E-state index in [4.69, 9.17) is 10.8 Å². The first-order valence-electron chi connectivity index (χ1n) is 3.16. The molecule has 0 saturated heterocycles. The van der Waals surface area contributed by atoms with E-state index in [0.717, 1.165) is 5.69 Å². The Labute approximate surface area is 82.4 Å². The van der Waals surface area contributed by atoms with Crippen molar-refractivity contribution in [2.45, 2.75) is 12.5 Å². The number of H-pyrrole nitrogens is 1. The molecule has 5 nitrogen and oxygen atoms in total. The van der Waals surface area contributed by atoms with Gasteiger partial charge in [-0.2, -0.15) is 0 Å². The molecule has 66 valence electrons. The second-order valence-corrected chi connectivity index (χ2v) is 2.23. The Morgan fingerprint density at radius 1 is 1.83 bits per heavy atom. The van der Waals surface area contributed by atoms with E-state index in [-0.39, 0.29) is 26.2 Å². The predicted molar refractivity (Wildman–Crippen MR) is 47.8 cm³/mol. The summed E-state index contributed by atoms with van der Waals surface area (Å²) in [4.78, 5) is 16.8. The van der Waals surface area contributed by atoms with Crippen molar-refractivity contribution in [3.63, 3.8) is 0 Å². The van der Waals surface area contributed by atoms with E-state index in [1.165, 1.54) is 6.33 Å². The average Bonchev–Trinajstić information content (AvgIpc) is 2.39. The zero-order valence-electron chi connectivity index (χ0n) is 5.82. The first-order valence-corrected chi connectivity index (χ1v) is 3.16. The van der Waals surface area contributed by atoms with Gasteiger partial charge in [0, 0.05) is 18.3 Å². The molecule has 0 unspecified atom stereocenters. The third kappa shape index (κ3) is 3.12. The summed E-state index contributed by atoms with van der Waals surface area (Å²) in [5.74, 6) is -1.00. The summed E-state index contributed by atoms with van der Waals surface area (Å²) < 4.78 is 0. The van der Waals surface area contributed by atoms with Crippen molar-refractivity contribution in [2.75, 3.05) is 0 Å². The molecule has 0 amide bonds. The number of aliphatic carboxylic acids is 1. The molecule has 0 aliphatic heterocycles. The van der Waals surface area contributed by atoms with Gasteiger partial charge in [-0.1, -0.05) is 0 Å². The zero-order valence-corrected chi connectivity index (χ0v) is 5.82. The molecule has 0 spiro atoms. The second kappa shape index (κ2) is 5.02. The van der Waals surface area contributed by atoms with Crippen molar-refractivity contribution in [1.29, 1.82) is 0 Å². The topological polar surface area (TPSA) is 92.0 Å². The fourth-order valence-electron chi connectivity index (χ4n) is 0.721. The number of hydrogen-bond donors (Lipinski definition) is 3. The van der Waals surface area contributed by atoms with Gasteiger partial charge in [0.1, 0.15) is 6.04 Å². The summed E-state index contributed by atoms with van der Waals surface area (Å²) in [6.07, 6.45) is 3.34. The number of nitrogens with zero attached hydrogens (tertiary/aromatic N) is 1. The minimum absolute atomic E-state index is 0. The van der Waals surface area contributed by atoms with Crippen LogP contribution in [0.3, 0.4) is 0 Å². The average molecular weight is 228 g/mol. The van der Waals surface area contributed by atoms with Crippen molar-refractivity contribution < 1.29 is 9.90 Å². The van der Waals surface area contributed by atoms with Crippen LogP contribution in [0.4, 0.5) is 0 Å².